The Morgan fingerprint density at radius 1 is 0.960 bits per heavy atom. The maximum Gasteiger partial charge on any atom is 0.488 e. The maximum atomic E-state index is 12.9. The van der Waals surface area contributed by atoms with Gasteiger partial charge in [-0.15, -0.1) is 4.52 Å². The monoisotopic (exact) mass is 700 g/mol. The quantitative estimate of drug-likeness (QED) is 0.0796. The van der Waals surface area contributed by atoms with Crippen LogP contribution in [0.1, 0.15) is 36.3 Å². The molecule has 0 amide bonds. The second kappa shape index (κ2) is 14.9. The Hall–Kier alpha value is -4.98. The number of imidazole rings is 1. The molecule has 1 saturated heterocycles. The lowest BCUT2D eigenvalue weighted by molar-refractivity contribution is -0.192. The molecule has 14 nitrogen and oxygen atoms in total. The first kappa shape index (κ1) is 34.9. The molecule has 0 bridgehead atoms. The van der Waals surface area contributed by atoms with E-state index in [1.54, 1.807) is 36.8 Å². The molecule has 1 aliphatic heterocycles. The van der Waals surface area contributed by atoms with Crippen LogP contribution in [0.4, 0.5) is 5.95 Å². The molecule has 0 spiro atoms. The number of hydrogen-bond donors (Lipinski definition) is 0. The van der Waals surface area contributed by atoms with Crippen molar-refractivity contribution in [1.82, 2.24) is 23.8 Å². The van der Waals surface area contributed by atoms with Crippen LogP contribution in [0.25, 0.3) is 5.78 Å². The topological polar surface area (TPSA) is 154 Å². The third-order valence-corrected chi connectivity index (χ3v) is 9.13. The first-order valence-corrected chi connectivity index (χ1v) is 16.9. The molecule has 1 aliphatic rings. The Morgan fingerprint density at radius 2 is 1.56 bits per heavy atom. The van der Waals surface area contributed by atoms with Crippen LogP contribution in [0.3, 0.4) is 0 Å². The van der Waals surface area contributed by atoms with Gasteiger partial charge in [0.2, 0.25) is 5.78 Å². The van der Waals surface area contributed by atoms with Crippen molar-refractivity contribution in [2.24, 2.45) is 4.99 Å². The smallest absolute Gasteiger partial charge is 0.488 e. The van der Waals surface area contributed by atoms with E-state index in [-0.39, 0.29) is 24.8 Å². The molecule has 1 unspecified atom stereocenters. The lowest BCUT2D eigenvalue weighted by Gasteiger charge is -2.37. The van der Waals surface area contributed by atoms with E-state index in [0.29, 0.717) is 17.3 Å². The zero-order valence-electron chi connectivity index (χ0n) is 28.2. The van der Waals surface area contributed by atoms with Crippen molar-refractivity contribution in [3.8, 4) is 11.5 Å². The van der Waals surface area contributed by atoms with Crippen LogP contribution >= 0.6 is 8.25 Å². The van der Waals surface area contributed by atoms with Crippen LogP contribution in [-0.4, -0.2) is 76.8 Å². The van der Waals surface area contributed by atoms with Gasteiger partial charge >= 0.3 is 13.9 Å². The van der Waals surface area contributed by atoms with Gasteiger partial charge < -0.3 is 28.7 Å². The van der Waals surface area contributed by atoms with Crippen molar-refractivity contribution in [2.45, 2.75) is 37.4 Å². The van der Waals surface area contributed by atoms with Gasteiger partial charge in [-0.3, -0.25) is 4.57 Å². The molecule has 6 rings (SSSR count). The highest BCUT2D eigenvalue weighted by Crippen LogP contribution is 2.43. The van der Waals surface area contributed by atoms with E-state index in [4.69, 9.17) is 23.5 Å². The molecule has 0 radical (unpaired) electrons. The number of rotatable bonds is 12. The molecule has 0 N–H and O–H groups in total. The fourth-order valence-electron chi connectivity index (χ4n) is 5.95. The summed E-state index contributed by atoms with van der Waals surface area (Å²) in [5.41, 5.74) is 0.670. The molecule has 3 aromatic carbocycles. The Morgan fingerprint density at radius 3 is 2.12 bits per heavy atom. The summed E-state index contributed by atoms with van der Waals surface area (Å²) < 4.78 is 44.6. The normalized spacial score (nSPS) is 18.3. The Labute approximate surface area is 289 Å². The van der Waals surface area contributed by atoms with Crippen molar-refractivity contribution in [3.05, 3.63) is 118 Å². The average Bonchev–Trinajstić information content (AvgIpc) is 3.73. The zero-order valence-corrected chi connectivity index (χ0v) is 29.1. The Kier molecular flexibility index (Phi) is 10.4. The van der Waals surface area contributed by atoms with Crippen LogP contribution in [-0.2, 0) is 24.2 Å². The first-order chi connectivity index (χ1) is 24.1. The minimum Gasteiger partial charge on any atom is -0.566 e. The van der Waals surface area contributed by atoms with Gasteiger partial charge in [0.1, 0.15) is 41.4 Å². The number of methoxy groups -OCH3 is 2. The molecule has 260 valence electrons. The van der Waals surface area contributed by atoms with Crippen LogP contribution in [0.5, 0.6) is 11.5 Å². The highest BCUT2D eigenvalue weighted by molar-refractivity contribution is 7.30. The number of ether oxygens (including phenoxy) is 4. The standard InChI is InChI=1S/C35H37N6O8P/c1-23(39(2)3)36-32-37-33-40(19-20-41(33)34(42)38-32)31-21-29(49-50(43)44)30(48-31)22-47-35(24-9-7-6-8-10-24,25-11-15-27(45-4)16-12-25)26-13-17-28(46-5)18-14-26/h6-20,29-31H,21-22H2,1-5H3/b36-23+/t29-,30+,31+/m0/s1. The van der Waals surface area contributed by atoms with Crippen molar-refractivity contribution in [2.75, 3.05) is 34.9 Å². The fraction of sp³-hybridized carbons (Fsp3) is 0.314. The van der Waals surface area contributed by atoms with E-state index in [2.05, 4.69) is 15.0 Å². The van der Waals surface area contributed by atoms with Gasteiger partial charge in [-0.2, -0.15) is 15.0 Å². The summed E-state index contributed by atoms with van der Waals surface area (Å²) in [5, 5.41) is 0. The Balaban J connectivity index is 1.40. The molecule has 15 heteroatoms. The fourth-order valence-corrected chi connectivity index (χ4v) is 6.40. The molecule has 0 aliphatic carbocycles. The molecule has 5 aromatic rings. The van der Waals surface area contributed by atoms with Crippen LogP contribution in [0.2, 0.25) is 0 Å². The van der Waals surface area contributed by atoms with Gasteiger partial charge in [-0.05, 0) is 52.4 Å². The van der Waals surface area contributed by atoms with E-state index < -0.39 is 38.0 Å². The van der Waals surface area contributed by atoms with Gasteiger partial charge in [0.05, 0.1) is 20.8 Å². The SMILES string of the molecule is COc1ccc(C(OC[C@H]2O[C@@H](n3ccn4c(=O)nc(/N=C(\C)N(C)C)nc34)C[C@@H]2O[P+](=O)[O-])(c2ccccc2)c2ccc(OC)cc2)cc1. The summed E-state index contributed by atoms with van der Waals surface area (Å²) in [6, 6.07) is 24.9. The van der Waals surface area contributed by atoms with Gasteiger partial charge in [0, 0.05) is 32.9 Å². The van der Waals surface area contributed by atoms with Gasteiger partial charge in [0.25, 0.3) is 5.95 Å². The number of amidine groups is 1. The molecule has 3 heterocycles. The number of nitrogens with zero attached hydrogens (tertiary/aromatic N) is 6. The molecular weight excluding hydrogens is 663 g/mol. The second-order valence-electron chi connectivity index (χ2n) is 11.8. The first-order valence-electron chi connectivity index (χ1n) is 15.8. The van der Waals surface area contributed by atoms with Crippen LogP contribution < -0.4 is 20.1 Å². The Bertz CT molecular complexity index is 1990. The molecule has 1 fully saturated rings. The number of aromatic nitrogens is 4. The molecule has 2 aromatic heterocycles. The van der Waals surface area contributed by atoms with Crippen molar-refractivity contribution >= 4 is 25.8 Å². The summed E-state index contributed by atoms with van der Waals surface area (Å²) >= 11 is 0. The number of benzene rings is 3. The summed E-state index contributed by atoms with van der Waals surface area (Å²) in [5.74, 6) is 2.16. The third kappa shape index (κ3) is 7.02. The summed E-state index contributed by atoms with van der Waals surface area (Å²) in [4.78, 5) is 39.5. The lowest BCUT2D eigenvalue weighted by Crippen LogP contribution is -2.38. The summed E-state index contributed by atoms with van der Waals surface area (Å²) in [6.07, 6.45) is 0.751. The third-order valence-electron chi connectivity index (χ3n) is 8.68. The minimum atomic E-state index is -3.23. The van der Waals surface area contributed by atoms with Crippen molar-refractivity contribution < 1.29 is 32.9 Å². The molecule has 4 atom stereocenters. The van der Waals surface area contributed by atoms with Crippen molar-refractivity contribution in [3.63, 3.8) is 0 Å². The zero-order chi connectivity index (χ0) is 35.4. The van der Waals surface area contributed by atoms with E-state index in [1.807, 2.05) is 93.0 Å². The van der Waals surface area contributed by atoms with E-state index in [1.165, 1.54) is 10.6 Å². The molecule has 0 saturated carbocycles. The summed E-state index contributed by atoms with van der Waals surface area (Å²) in [6.45, 7) is 1.69. The largest absolute Gasteiger partial charge is 0.566 e. The van der Waals surface area contributed by atoms with Gasteiger partial charge in [-0.25, -0.2) is 9.20 Å². The predicted octanol–water partition coefficient (Wildman–Crippen LogP) is 4.22. The maximum absolute atomic E-state index is 12.9. The minimum absolute atomic E-state index is 0.0129. The predicted molar refractivity (Wildman–Crippen MR) is 183 cm³/mol. The van der Waals surface area contributed by atoms with E-state index in [9.17, 15) is 14.3 Å². The van der Waals surface area contributed by atoms with E-state index >= 15 is 0 Å². The van der Waals surface area contributed by atoms with Gasteiger partial charge in [0.15, 0.2) is 0 Å². The van der Waals surface area contributed by atoms with Gasteiger partial charge in [-0.1, -0.05) is 54.6 Å². The number of hydrogen-bond acceptors (Lipinski definition) is 11. The van der Waals surface area contributed by atoms with Crippen LogP contribution in [0.15, 0.2) is 101 Å². The second-order valence-corrected chi connectivity index (χ2v) is 12.4. The molecule has 50 heavy (non-hydrogen) atoms. The van der Waals surface area contributed by atoms with Crippen LogP contribution in [0, 0.1) is 0 Å². The summed E-state index contributed by atoms with van der Waals surface area (Å²) in [7, 11) is 3.60. The highest BCUT2D eigenvalue weighted by atomic mass is 31.1. The molecular formula is C35H37N6O8P. The van der Waals surface area contributed by atoms with Crippen molar-refractivity contribution in [1.29, 1.82) is 0 Å². The lowest BCUT2D eigenvalue weighted by atomic mass is 9.80. The average molecular weight is 701 g/mol. The number of aliphatic imine (C=N–C) groups is 1. The number of fused-ring (bicyclic) bond motifs is 1. The highest BCUT2D eigenvalue weighted by Gasteiger charge is 2.45. The van der Waals surface area contributed by atoms with E-state index in [0.717, 1.165) is 16.7 Å².